The Balaban J connectivity index is 0.947. The molecule has 9 aromatic carbocycles. The van der Waals surface area contributed by atoms with Crippen LogP contribution in [0.1, 0.15) is 57.0 Å². The molecule has 1 amide bonds. The standard InChI is InChI=1S/C84H90FNO16/c1-59(87)86-73-77(94-52-65-37-21-8-22-38-65)76(101-84-81(97-54-67-41-25-10-26-42-67)79(96-55-68-43-45-69(88-2)46-44-68)75(93-51-64-35-19-7-20-36-64)71(100-84)57-90-48-61-29-13-4-14-30-61)72(58-91-49-62-31-15-5-16-32-62)99-83(73)102-80-78(95-53-66-39-23-9-24-40-66)74(92-50-63-33-17-6-18-34-63)70(98-82(80)85)56-89-47-60-27-11-3-12-28-60/h3-46,70-84H,47-58H2,1-2H3,(H,86,87)/t70-,71-,72-,73-,74-,75+,76-,77-,78+,79+,80+,81-,82?,83+,84+/m1/s1. The third-order valence-electron chi connectivity index (χ3n) is 18.0. The molecule has 3 heterocycles. The summed E-state index contributed by atoms with van der Waals surface area (Å²) in [5, 5.41) is 3.14. The average Bonchev–Trinajstić information content (AvgIpc) is 0.773. The molecule has 3 aliphatic rings. The van der Waals surface area contributed by atoms with Gasteiger partial charge in [-0.05, 0) is 62.2 Å². The van der Waals surface area contributed by atoms with Gasteiger partial charge in [-0.1, -0.05) is 255 Å². The summed E-state index contributed by atoms with van der Waals surface area (Å²) in [5.74, 6) is 0.211. The lowest BCUT2D eigenvalue weighted by Crippen LogP contribution is -2.70. The van der Waals surface area contributed by atoms with Crippen molar-refractivity contribution in [1.29, 1.82) is 0 Å². The molecule has 534 valence electrons. The van der Waals surface area contributed by atoms with Gasteiger partial charge in [-0.25, -0.2) is 4.39 Å². The molecule has 0 spiro atoms. The molecule has 102 heavy (non-hydrogen) atoms. The van der Waals surface area contributed by atoms with E-state index in [4.69, 9.17) is 71.1 Å². The summed E-state index contributed by atoms with van der Waals surface area (Å²) >= 11 is 0. The van der Waals surface area contributed by atoms with Gasteiger partial charge in [0.2, 0.25) is 12.3 Å². The molecule has 18 heteroatoms. The zero-order valence-corrected chi connectivity index (χ0v) is 57.5. The molecule has 3 fully saturated rings. The van der Waals surface area contributed by atoms with Crippen molar-refractivity contribution in [2.75, 3.05) is 26.9 Å². The van der Waals surface area contributed by atoms with Crippen LogP contribution in [-0.4, -0.2) is 125 Å². The maximum atomic E-state index is 18.1. The van der Waals surface area contributed by atoms with Gasteiger partial charge in [0.25, 0.3) is 0 Å². The van der Waals surface area contributed by atoms with Crippen molar-refractivity contribution in [2.24, 2.45) is 0 Å². The second-order valence-electron chi connectivity index (χ2n) is 25.5. The van der Waals surface area contributed by atoms with E-state index < -0.39 is 98.0 Å². The quantitative estimate of drug-likeness (QED) is 0.0393. The Kier molecular flexibility index (Phi) is 27.9. The number of nitrogens with one attached hydrogen (secondary N) is 1. The molecule has 15 atom stereocenters. The van der Waals surface area contributed by atoms with Gasteiger partial charge in [-0.15, -0.1) is 0 Å². The Morgan fingerprint density at radius 1 is 0.324 bits per heavy atom. The Labute approximate surface area is 596 Å². The molecule has 3 saturated heterocycles. The summed E-state index contributed by atoms with van der Waals surface area (Å²) in [6.45, 7) is 2.35. The molecule has 1 N–H and O–H groups in total. The number of alkyl halides is 1. The minimum atomic E-state index is -2.18. The molecule has 0 saturated carbocycles. The smallest absolute Gasteiger partial charge is 0.228 e. The maximum Gasteiger partial charge on any atom is 0.228 e. The normalized spacial score (nSPS) is 25.0. The van der Waals surface area contributed by atoms with Crippen LogP contribution in [-0.2, 0) is 131 Å². The van der Waals surface area contributed by atoms with Crippen molar-refractivity contribution >= 4 is 5.91 Å². The molecular weight excluding hydrogens is 1300 g/mol. The molecule has 3 aliphatic heterocycles. The lowest BCUT2D eigenvalue weighted by molar-refractivity contribution is -0.378. The fourth-order valence-corrected chi connectivity index (χ4v) is 12.8. The second-order valence-corrected chi connectivity index (χ2v) is 25.5. The lowest BCUT2D eigenvalue weighted by Gasteiger charge is -2.51. The molecule has 9 aromatic rings. The number of amides is 1. The number of ether oxygens (including phenoxy) is 15. The van der Waals surface area contributed by atoms with E-state index in [-0.39, 0.29) is 79.3 Å². The minimum Gasteiger partial charge on any atom is -0.497 e. The van der Waals surface area contributed by atoms with Crippen LogP contribution < -0.4 is 10.1 Å². The number of rotatable bonds is 36. The predicted octanol–water partition coefficient (Wildman–Crippen LogP) is 13.6. The Morgan fingerprint density at radius 3 is 0.971 bits per heavy atom. The van der Waals surface area contributed by atoms with Crippen molar-refractivity contribution in [3.63, 3.8) is 0 Å². The van der Waals surface area contributed by atoms with Gasteiger partial charge in [0, 0.05) is 6.92 Å². The van der Waals surface area contributed by atoms with E-state index in [1.165, 1.54) is 6.92 Å². The van der Waals surface area contributed by atoms with Crippen LogP contribution in [0.5, 0.6) is 5.75 Å². The fraction of sp³-hybridized carbons (Fsp3) is 0.345. The van der Waals surface area contributed by atoms with Gasteiger partial charge < -0.3 is 76.4 Å². The fourth-order valence-electron chi connectivity index (χ4n) is 12.8. The molecule has 0 aromatic heterocycles. The van der Waals surface area contributed by atoms with Crippen molar-refractivity contribution in [3.05, 3.63) is 317 Å². The predicted molar refractivity (Wildman–Crippen MR) is 379 cm³/mol. The number of methoxy groups -OCH3 is 1. The monoisotopic (exact) mass is 1390 g/mol. The molecule has 0 aliphatic carbocycles. The summed E-state index contributed by atoms with van der Waals surface area (Å²) in [6.07, 6.45) is -17.1. The highest BCUT2D eigenvalue weighted by molar-refractivity contribution is 5.73. The first-order chi connectivity index (χ1) is 50.3. The Morgan fingerprint density at radius 2 is 0.608 bits per heavy atom. The van der Waals surface area contributed by atoms with Crippen LogP contribution in [0.15, 0.2) is 267 Å². The molecular formula is C84H90FNO16. The highest BCUT2D eigenvalue weighted by atomic mass is 19.1. The number of halogens is 1. The highest BCUT2D eigenvalue weighted by Crippen LogP contribution is 2.39. The van der Waals surface area contributed by atoms with Crippen LogP contribution in [0.25, 0.3) is 0 Å². The number of hydrogen-bond donors (Lipinski definition) is 1. The van der Waals surface area contributed by atoms with Gasteiger partial charge in [0.05, 0.1) is 86.4 Å². The van der Waals surface area contributed by atoms with Gasteiger partial charge in [0.15, 0.2) is 12.6 Å². The summed E-state index contributed by atoms with van der Waals surface area (Å²) in [7, 11) is 1.62. The van der Waals surface area contributed by atoms with Crippen LogP contribution >= 0.6 is 0 Å². The van der Waals surface area contributed by atoms with Gasteiger partial charge in [-0.3, -0.25) is 4.79 Å². The van der Waals surface area contributed by atoms with Gasteiger partial charge >= 0.3 is 0 Å². The van der Waals surface area contributed by atoms with E-state index in [1.807, 2.05) is 267 Å². The third-order valence-corrected chi connectivity index (χ3v) is 18.0. The van der Waals surface area contributed by atoms with Crippen molar-refractivity contribution < 1.29 is 80.2 Å². The summed E-state index contributed by atoms with van der Waals surface area (Å²) in [5.41, 5.74) is 7.87. The van der Waals surface area contributed by atoms with Crippen LogP contribution in [0, 0.1) is 0 Å². The topological polar surface area (TPSA) is 168 Å². The number of benzene rings is 9. The van der Waals surface area contributed by atoms with Crippen molar-refractivity contribution in [2.45, 2.75) is 159 Å². The highest BCUT2D eigenvalue weighted by Gasteiger charge is 2.57. The number of hydrogen-bond acceptors (Lipinski definition) is 16. The molecule has 0 radical (unpaired) electrons. The molecule has 1 unspecified atom stereocenters. The van der Waals surface area contributed by atoms with Gasteiger partial charge in [-0.2, -0.15) is 0 Å². The van der Waals surface area contributed by atoms with E-state index >= 15 is 4.39 Å². The van der Waals surface area contributed by atoms with E-state index in [0.29, 0.717) is 5.75 Å². The minimum absolute atomic E-state index is 0.00528. The van der Waals surface area contributed by atoms with Crippen LogP contribution in [0.2, 0.25) is 0 Å². The van der Waals surface area contributed by atoms with E-state index in [2.05, 4.69) is 5.32 Å². The molecule has 12 rings (SSSR count). The Bertz CT molecular complexity index is 3810. The molecule has 17 nitrogen and oxygen atoms in total. The van der Waals surface area contributed by atoms with E-state index in [9.17, 15) is 4.79 Å². The molecule has 0 bridgehead atoms. The largest absolute Gasteiger partial charge is 0.497 e. The number of carbonyl (C=O) groups is 1. The lowest BCUT2D eigenvalue weighted by atomic mass is 9.94. The maximum absolute atomic E-state index is 18.1. The van der Waals surface area contributed by atoms with Crippen LogP contribution in [0.3, 0.4) is 0 Å². The zero-order chi connectivity index (χ0) is 69.9. The zero-order valence-electron chi connectivity index (χ0n) is 57.5. The first-order valence-electron chi connectivity index (χ1n) is 34.8. The van der Waals surface area contributed by atoms with Crippen molar-refractivity contribution in [1.82, 2.24) is 5.32 Å². The first kappa shape index (κ1) is 73.4. The number of carbonyl (C=O) groups excluding carboxylic acids is 1. The third kappa shape index (κ3) is 21.4. The van der Waals surface area contributed by atoms with Crippen molar-refractivity contribution in [3.8, 4) is 5.75 Å². The Hall–Kier alpha value is -8.38. The summed E-state index contributed by atoms with van der Waals surface area (Å²) < 4.78 is 122. The van der Waals surface area contributed by atoms with Gasteiger partial charge in [0.1, 0.15) is 78.9 Å². The summed E-state index contributed by atoms with van der Waals surface area (Å²) in [4.78, 5) is 14.2. The second kappa shape index (κ2) is 38.8. The SMILES string of the molecule is COc1ccc(CO[C@H]2[C@@H](OCc3ccccc3)[C@@H](COCc3ccccc3)O[C@@H](O[C@H]3[C@H](OCc4ccccc4)[C@@H](NC(C)=O)[C@H](O[C@@H]4C(F)O[C@H](COCc5ccccc5)[C@@H](OCc5ccccc5)[C@@H]4OCc4ccccc4)O[C@@H]3COCc3ccccc3)[C@@H]2OCc2ccccc2)cc1. The van der Waals surface area contributed by atoms with Crippen LogP contribution in [0.4, 0.5) is 4.39 Å². The van der Waals surface area contributed by atoms with E-state index in [1.54, 1.807) is 7.11 Å². The van der Waals surface area contributed by atoms with E-state index in [0.717, 1.165) is 50.1 Å². The first-order valence-corrected chi connectivity index (χ1v) is 34.8. The average molecular weight is 1390 g/mol. The summed E-state index contributed by atoms with van der Waals surface area (Å²) in [6, 6.07) is 84.2.